The summed E-state index contributed by atoms with van der Waals surface area (Å²) in [5.74, 6) is 0. The molecule has 1 aliphatic heterocycles. The van der Waals surface area contributed by atoms with Crippen LogP contribution >= 0.6 is 23.2 Å². The van der Waals surface area contributed by atoms with Gasteiger partial charge in [0, 0.05) is 19.3 Å². The number of pyridine rings is 1. The summed E-state index contributed by atoms with van der Waals surface area (Å²) in [5.41, 5.74) is 0. The molecule has 92 valence electrons. The summed E-state index contributed by atoms with van der Waals surface area (Å²) >= 11 is 11.4. The van der Waals surface area contributed by atoms with Crippen molar-refractivity contribution in [2.75, 3.05) is 13.1 Å². The topological polar surface area (TPSA) is 50.3 Å². The summed E-state index contributed by atoms with van der Waals surface area (Å²) in [4.78, 5) is 3.82. The van der Waals surface area contributed by atoms with Crippen LogP contribution in [0.3, 0.4) is 0 Å². The van der Waals surface area contributed by atoms with E-state index in [9.17, 15) is 8.42 Å². The van der Waals surface area contributed by atoms with Gasteiger partial charge >= 0.3 is 0 Å². The molecule has 0 unspecified atom stereocenters. The van der Waals surface area contributed by atoms with Gasteiger partial charge in [0.05, 0.1) is 5.02 Å². The minimum atomic E-state index is -3.52. The van der Waals surface area contributed by atoms with Crippen LogP contribution in [0.2, 0.25) is 10.2 Å². The molecule has 2 heterocycles. The lowest BCUT2D eigenvalue weighted by atomic mass is 10.3. The number of hydrogen-bond donors (Lipinski definition) is 0. The van der Waals surface area contributed by atoms with Gasteiger partial charge in [0.2, 0.25) is 10.0 Å². The summed E-state index contributed by atoms with van der Waals surface area (Å²) in [7, 11) is -3.52. The van der Waals surface area contributed by atoms with Crippen LogP contribution in [-0.4, -0.2) is 30.8 Å². The van der Waals surface area contributed by atoms with E-state index in [1.54, 1.807) is 0 Å². The van der Waals surface area contributed by atoms with Crippen LogP contribution < -0.4 is 0 Å². The molecule has 0 bridgehead atoms. The molecule has 1 aliphatic rings. The van der Waals surface area contributed by atoms with Crippen LogP contribution in [0, 0.1) is 0 Å². The highest BCUT2D eigenvalue weighted by atomic mass is 35.5. The summed E-state index contributed by atoms with van der Waals surface area (Å²) in [6.45, 7) is 0.849. The summed E-state index contributed by atoms with van der Waals surface area (Å²) in [6.07, 6.45) is 5.72. The zero-order valence-corrected chi connectivity index (χ0v) is 11.1. The first-order valence-corrected chi connectivity index (χ1v) is 7.17. The molecule has 1 aromatic heterocycles. The van der Waals surface area contributed by atoms with E-state index in [-0.39, 0.29) is 15.1 Å². The molecule has 0 aliphatic carbocycles. The SMILES string of the molecule is O=S(=O)(c1cnc(Cl)c(Cl)c1)N1CC=CCC1. The molecule has 0 amide bonds. The fourth-order valence-electron chi connectivity index (χ4n) is 1.53. The Bertz CT molecular complexity index is 557. The molecule has 4 nitrogen and oxygen atoms in total. The highest BCUT2D eigenvalue weighted by Crippen LogP contribution is 2.24. The normalized spacial score (nSPS) is 17.3. The van der Waals surface area contributed by atoms with Crippen molar-refractivity contribution in [3.63, 3.8) is 0 Å². The lowest BCUT2D eigenvalue weighted by Gasteiger charge is -2.22. The maximum absolute atomic E-state index is 12.2. The molecular weight excluding hydrogens is 283 g/mol. The highest BCUT2D eigenvalue weighted by molar-refractivity contribution is 7.89. The third-order valence-corrected chi connectivity index (χ3v) is 4.95. The smallest absolute Gasteiger partial charge is 0.242 e. The van der Waals surface area contributed by atoms with Gasteiger partial charge in [-0.25, -0.2) is 13.4 Å². The van der Waals surface area contributed by atoms with E-state index < -0.39 is 10.0 Å². The largest absolute Gasteiger partial charge is 0.244 e. The van der Waals surface area contributed by atoms with Crippen molar-refractivity contribution < 1.29 is 8.42 Å². The fraction of sp³-hybridized carbons (Fsp3) is 0.300. The third kappa shape index (κ3) is 2.63. The lowest BCUT2D eigenvalue weighted by Crippen LogP contribution is -2.33. The number of hydrogen-bond acceptors (Lipinski definition) is 3. The Balaban J connectivity index is 2.37. The number of sulfonamides is 1. The third-order valence-electron chi connectivity index (χ3n) is 2.43. The van der Waals surface area contributed by atoms with Crippen molar-refractivity contribution in [3.8, 4) is 0 Å². The molecule has 0 aromatic carbocycles. The van der Waals surface area contributed by atoms with Crippen LogP contribution in [0.5, 0.6) is 0 Å². The van der Waals surface area contributed by atoms with Gasteiger partial charge in [-0.15, -0.1) is 0 Å². The van der Waals surface area contributed by atoms with Crippen molar-refractivity contribution in [2.45, 2.75) is 11.3 Å². The van der Waals surface area contributed by atoms with Crippen molar-refractivity contribution in [1.82, 2.24) is 9.29 Å². The molecule has 0 saturated heterocycles. The number of rotatable bonds is 2. The predicted octanol–water partition coefficient (Wildman–Crippen LogP) is 2.34. The second-order valence-electron chi connectivity index (χ2n) is 3.57. The standard InChI is InChI=1S/C10H10Cl2N2O2S/c11-9-6-8(7-13-10(9)12)17(15,16)14-4-2-1-3-5-14/h1-2,6-7H,3-5H2. The molecule has 0 spiro atoms. The maximum Gasteiger partial charge on any atom is 0.244 e. The van der Waals surface area contributed by atoms with Crippen molar-refractivity contribution >= 4 is 33.2 Å². The fourth-order valence-corrected chi connectivity index (χ4v) is 3.25. The zero-order valence-electron chi connectivity index (χ0n) is 8.81. The molecule has 17 heavy (non-hydrogen) atoms. The van der Waals surface area contributed by atoms with Crippen LogP contribution in [0.4, 0.5) is 0 Å². The minimum Gasteiger partial charge on any atom is -0.242 e. The quantitative estimate of drug-likeness (QED) is 0.621. The van der Waals surface area contributed by atoms with Gasteiger partial charge in [-0.3, -0.25) is 0 Å². The first kappa shape index (κ1) is 12.8. The Kier molecular flexibility index (Phi) is 3.73. The Morgan fingerprint density at radius 2 is 2.06 bits per heavy atom. The van der Waals surface area contributed by atoms with E-state index in [2.05, 4.69) is 4.98 Å². The van der Waals surface area contributed by atoms with Gasteiger partial charge in [0.15, 0.2) is 0 Å². The number of halogens is 2. The Labute approximate surface area is 110 Å². The maximum atomic E-state index is 12.2. The molecule has 7 heteroatoms. The van der Waals surface area contributed by atoms with Crippen LogP contribution in [0.15, 0.2) is 29.3 Å². The highest BCUT2D eigenvalue weighted by Gasteiger charge is 2.25. The molecule has 2 rings (SSSR count). The predicted molar refractivity (Wildman–Crippen MR) is 66.8 cm³/mol. The van der Waals surface area contributed by atoms with E-state index in [1.165, 1.54) is 16.6 Å². The zero-order chi connectivity index (χ0) is 12.5. The average molecular weight is 293 g/mol. The molecule has 0 N–H and O–H groups in total. The first-order chi connectivity index (χ1) is 8.01. The molecule has 0 atom stereocenters. The number of nitrogens with zero attached hydrogens (tertiary/aromatic N) is 2. The van der Waals surface area contributed by atoms with E-state index in [0.717, 1.165) is 0 Å². The first-order valence-electron chi connectivity index (χ1n) is 4.98. The monoisotopic (exact) mass is 292 g/mol. The van der Waals surface area contributed by atoms with Crippen LogP contribution in [0.25, 0.3) is 0 Å². The van der Waals surface area contributed by atoms with Crippen LogP contribution in [0.1, 0.15) is 6.42 Å². The van der Waals surface area contributed by atoms with E-state index >= 15 is 0 Å². The summed E-state index contributed by atoms with van der Waals surface area (Å²) in [5, 5.41) is 0.240. The van der Waals surface area contributed by atoms with Gasteiger partial charge in [0.1, 0.15) is 10.0 Å². The molecule has 0 saturated carbocycles. The second-order valence-corrected chi connectivity index (χ2v) is 6.27. The van der Waals surface area contributed by atoms with Crippen molar-refractivity contribution in [3.05, 3.63) is 34.6 Å². The minimum absolute atomic E-state index is 0.0715. The summed E-state index contributed by atoms with van der Waals surface area (Å²) in [6, 6.07) is 1.32. The Morgan fingerprint density at radius 1 is 1.29 bits per heavy atom. The van der Waals surface area contributed by atoms with E-state index in [0.29, 0.717) is 19.5 Å². The molecule has 0 fully saturated rings. The van der Waals surface area contributed by atoms with Gasteiger partial charge in [-0.05, 0) is 12.5 Å². The van der Waals surface area contributed by atoms with Crippen molar-refractivity contribution in [2.24, 2.45) is 0 Å². The number of aromatic nitrogens is 1. The molecule has 1 aromatic rings. The summed E-state index contributed by atoms with van der Waals surface area (Å²) < 4.78 is 25.8. The molecule has 0 radical (unpaired) electrons. The van der Waals surface area contributed by atoms with Gasteiger partial charge in [-0.2, -0.15) is 4.31 Å². The van der Waals surface area contributed by atoms with Crippen molar-refractivity contribution in [1.29, 1.82) is 0 Å². The van der Waals surface area contributed by atoms with Gasteiger partial charge < -0.3 is 0 Å². The Hall–Kier alpha value is -0.620. The molecular formula is C10H10Cl2N2O2S. The lowest BCUT2D eigenvalue weighted by molar-refractivity contribution is 0.437. The van der Waals surface area contributed by atoms with Crippen LogP contribution in [-0.2, 0) is 10.0 Å². The second kappa shape index (κ2) is 4.94. The van der Waals surface area contributed by atoms with Gasteiger partial charge in [-0.1, -0.05) is 35.4 Å². The Morgan fingerprint density at radius 3 is 2.65 bits per heavy atom. The van der Waals surface area contributed by atoms with E-state index in [1.807, 2.05) is 12.2 Å². The van der Waals surface area contributed by atoms with E-state index in [4.69, 9.17) is 23.2 Å². The van der Waals surface area contributed by atoms with Gasteiger partial charge in [0.25, 0.3) is 0 Å². The average Bonchev–Trinajstić information content (AvgIpc) is 2.33.